The summed E-state index contributed by atoms with van der Waals surface area (Å²) in [6.07, 6.45) is 1.98. The first-order valence-electron chi connectivity index (χ1n) is 3.03. The lowest BCUT2D eigenvalue weighted by Gasteiger charge is -2.41. The molecular formula is C6H13NO. The maximum Gasteiger partial charge on any atom is 0.0485 e. The van der Waals surface area contributed by atoms with Gasteiger partial charge in [0.05, 0.1) is 0 Å². The Labute approximate surface area is 49.7 Å². The summed E-state index contributed by atoms with van der Waals surface area (Å²) < 4.78 is 0. The first-order chi connectivity index (χ1) is 3.66. The van der Waals surface area contributed by atoms with E-state index in [2.05, 4.69) is 6.92 Å². The fraction of sp³-hybridized carbons (Fsp3) is 1.00. The Morgan fingerprint density at radius 2 is 2.25 bits per heavy atom. The number of rotatable bonds is 1. The van der Waals surface area contributed by atoms with Crippen molar-refractivity contribution >= 4 is 0 Å². The molecular weight excluding hydrogens is 102 g/mol. The minimum Gasteiger partial charge on any atom is -0.396 e. The van der Waals surface area contributed by atoms with Gasteiger partial charge in [-0.05, 0) is 18.3 Å². The highest BCUT2D eigenvalue weighted by molar-refractivity contribution is 4.91. The summed E-state index contributed by atoms with van der Waals surface area (Å²) in [6.45, 7) is 2.36. The van der Waals surface area contributed by atoms with E-state index in [-0.39, 0.29) is 5.41 Å². The predicted molar refractivity (Wildman–Crippen MR) is 32.4 cm³/mol. The Morgan fingerprint density at radius 3 is 2.38 bits per heavy atom. The highest BCUT2D eigenvalue weighted by atomic mass is 16.3. The average Bonchev–Trinajstić information content (AvgIpc) is 1.63. The molecule has 0 aromatic rings. The van der Waals surface area contributed by atoms with E-state index >= 15 is 0 Å². The molecule has 1 aliphatic rings. The molecule has 0 aromatic heterocycles. The molecule has 0 radical (unpaired) electrons. The average molecular weight is 115 g/mol. The van der Waals surface area contributed by atoms with Gasteiger partial charge in [0.1, 0.15) is 0 Å². The molecule has 0 bridgehead atoms. The summed E-state index contributed by atoms with van der Waals surface area (Å²) in [6, 6.07) is 0.354. The van der Waals surface area contributed by atoms with Crippen molar-refractivity contribution in [2.45, 2.75) is 25.8 Å². The van der Waals surface area contributed by atoms with E-state index in [0.717, 1.165) is 12.8 Å². The quantitative estimate of drug-likeness (QED) is 0.509. The first-order valence-corrected chi connectivity index (χ1v) is 3.03. The van der Waals surface area contributed by atoms with E-state index < -0.39 is 0 Å². The van der Waals surface area contributed by atoms with Crippen molar-refractivity contribution < 1.29 is 5.11 Å². The Kier molecular flexibility index (Phi) is 1.29. The van der Waals surface area contributed by atoms with Crippen LogP contribution in [0.1, 0.15) is 19.8 Å². The number of hydrogen-bond donors (Lipinski definition) is 2. The van der Waals surface area contributed by atoms with Crippen molar-refractivity contribution in [3.63, 3.8) is 0 Å². The standard InChI is InChI=1S/C6H13NO/c1-6(4-8)2-5(7)3-6/h5,8H,2-4,7H2,1H3. The van der Waals surface area contributed by atoms with E-state index in [0.29, 0.717) is 12.6 Å². The van der Waals surface area contributed by atoms with Gasteiger partial charge in [-0.2, -0.15) is 0 Å². The molecule has 2 nitrogen and oxygen atoms in total. The number of nitrogens with two attached hydrogens (primary N) is 1. The van der Waals surface area contributed by atoms with Gasteiger partial charge < -0.3 is 10.8 Å². The molecule has 1 fully saturated rings. The summed E-state index contributed by atoms with van der Waals surface area (Å²) in [5.74, 6) is 0. The Hall–Kier alpha value is -0.0800. The summed E-state index contributed by atoms with van der Waals surface area (Å²) in [4.78, 5) is 0. The zero-order chi connectivity index (χ0) is 6.20. The van der Waals surface area contributed by atoms with Crippen molar-refractivity contribution in [1.29, 1.82) is 0 Å². The van der Waals surface area contributed by atoms with Gasteiger partial charge >= 0.3 is 0 Å². The topological polar surface area (TPSA) is 46.2 Å². The van der Waals surface area contributed by atoms with E-state index in [1.165, 1.54) is 0 Å². The summed E-state index contributed by atoms with van der Waals surface area (Å²) >= 11 is 0. The monoisotopic (exact) mass is 115 g/mol. The summed E-state index contributed by atoms with van der Waals surface area (Å²) in [5, 5.41) is 8.71. The van der Waals surface area contributed by atoms with Crippen LogP contribution in [0.2, 0.25) is 0 Å². The molecule has 48 valence electrons. The molecule has 1 saturated carbocycles. The molecule has 2 heteroatoms. The minimum atomic E-state index is 0.166. The van der Waals surface area contributed by atoms with Crippen molar-refractivity contribution in [2.75, 3.05) is 6.61 Å². The summed E-state index contributed by atoms with van der Waals surface area (Å²) in [5.41, 5.74) is 5.68. The van der Waals surface area contributed by atoms with Gasteiger partial charge in [0, 0.05) is 12.6 Å². The van der Waals surface area contributed by atoms with Crippen LogP contribution < -0.4 is 5.73 Å². The van der Waals surface area contributed by atoms with Gasteiger partial charge in [-0.25, -0.2) is 0 Å². The van der Waals surface area contributed by atoms with Gasteiger partial charge in [-0.1, -0.05) is 6.92 Å². The van der Waals surface area contributed by atoms with Gasteiger partial charge in [-0.3, -0.25) is 0 Å². The van der Waals surface area contributed by atoms with Crippen LogP contribution in [0, 0.1) is 5.41 Å². The Bertz CT molecular complexity index is 86.5. The van der Waals surface area contributed by atoms with E-state index in [4.69, 9.17) is 10.8 Å². The van der Waals surface area contributed by atoms with Gasteiger partial charge in [0.2, 0.25) is 0 Å². The molecule has 8 heavy (non-hydrogen) atoms. The van der Waals surface area contributed by atoms with Crippen molar-refractivity contribution in [3.05, 3.63) is 0 Å². The third-order valence-corrected chi connectivity index (χ3v) is 1.89. The number of aliphatic hydroxyl groups excluding tert-OH is 1. The lowest BCUT2D eigenvalue weighted by Crippen LogP contribution is -2.46. The zero-order valence-corrected chi connectivity index (χ0v) is 5.22. The first kappa shape index (κ1) is 6.05. The third kappa shape index (κ3) is 0.858. The zero-order valence-electron chi connectivity index (χ0n) is 5.22. The fourth-order valence-electron chi connectivity index (χ4n) is 1.34. The maximum absolute atomic E-state index is 8.71. The van der Waals surface area contributed by atoms with Crippen LogP contribution in [0.15, 0.2) is 0 Å². The highest BCUT2D eigenvalue weighted by Crippen LogP contribution is 2.38. The Morgan fingerprint density at radius 1 is 1.75 bits per heavy atom. The van der Waals surface area contributed by atoms with Crippen LogP contribution >= 0.6 is 0 Å². The molecule has 0 saturated heterocycles. The lowest BCUT2D eigenvalue weighted by molar-refractivity contribution is 0.0460. The molecule has 0 aliphatic heterocycles. The van der Waals surface area contributed by atoms with Gasteiger partial charge in [0.25, 0.3) is 0 Å². The lowest BCUT2D eigenvalue weighted by atomic mass is 9.68. The van der Waals surface area contributed by atoms with Crippen molar-refractivity contribution in [1.82, 2.24) is 0 Å². The molecule has 0 spiro atoms. The van der Waals surface area contributed by atoms with Crippen molar-refractivity contribution in [3.8, 4) is 0 Å². The second kappa shape index (κ2) is 1.71. The second-order valence-electron chi connectivity index (χ2n) is 3.14. The smallest absolute Gasteiger partial charge is 0.0485 e. The fourth-order valence-corrected chi connectivity index (χ4v) is 1.34. The highest BCUT2D eigenvalue weighted by Gasteiger charge is 2.37. The molecule has 0 unspecified atom stereocenters. The minimum absolute atomic E-state index is 0.166. The maximum atomic E-state index is 8.71. The largest absolute Gasteiger partial charge is 0.396 e. The van der Waals surface area contributed by atoms with Crippen LogP contribution in [-0.4, -0.2) is 17.8 Å². The van der Waals surface area contributed by atoms with Crippen LogP contribution in [-0.2, 0) is 0 Å². The molecule has 3 N–H and O–H groups in total. The van der Waals surface area contributed by atoms with E-state index in [1.54, 1.807) is 0 Å². The van der Waals surface area contributed by atoms with E-state index in [1.807, 2.05) is 0 Å². The molecule has 1 rings (SSSR count). The number of hydrogen-bond acceptors (Lipinski definition) is 2. The predicted octanol–water partition coefficient (Wildman–Crippen LogP) is 0.106. The molecule has 0 heterocycles. The van der Waals surface area contributed by atoms with Crippen LogP contribution in [0.3, 0.4) is 0 Å². The van der Waals surface area contributed by atoms with Crippen molar-refractivity contribution in [2.24, 2.45) is 11.1 Å². The molecule has 0 amide bonds. The van der Waals surface area contributed by atoms with E-state index in [9.17, 15) is 0 Å². The Balaban J connectivity index is 2.30. The molecule has 1 aliphatic carbocycles. The normalized spacial score (nSPS) is 46.1. The van der Waals surface area contributed by atoms with Crippen LogP contribution in [0.5, 0.6) is 0 Å². The third-order valence-electron chi connectivity index (χ3n) is 1.89. The molecule has 0 atom stereocenters. The SMILES string of the molecule is CC1(CO)CC(N)C1. The van der Waals surface area contributed by atoms with Gasteiger partial charge in [0.15, 0.2) is 0 Å². The second-order valence-corrected chi connectivity index (χ2v) is 3.14. The summed E-state index contributed by atoms with van der Waals surface area (Å²) in [7, 11) is 0. The molecule has 0 aromatic carbocycles. The van der Waals surface area contributed by atoms with Crippen LogP contribution in [0.25, 0.3) is 0 Å². The number of aliphatic hydroxyl groups is 1. The van der Waals surface area contributed by atoms with Crippen LogP contribution in [0.4, 0.5) is 0 Å². The van der Waals surface area contributed by atoms with Gasteiger partial charge in [-0.15, -0.1) is 0 Å².